The molecule has 1 aliphatic carbocycles. The summed E-state index contributed by atoms with van der Waals surface area (Å²) in [7, 11) is 0. The summed E-state index contributed by atoms with van der Waals surface area (Å²) in [5.74, 6) is -0.275. The highest BCUT2D eigenvalue weighted by atomic mass is 79.9. The first-order valence-electron chi connectivity index (χ1n) is 7.38. The molecule has 2 nitrogen and oxygen atoms in total. The average Bonchev–Trinajstić information content (AvgIpc) is 2.48. The second-order valence-corrected chi connectivity index (χ2v) is 6.14. The third-order valence-corrected chi connectivity index (χ3v) is 4.50. The Labute approximate surface area is 135 Å². The summed E-state index contributed by atoms with van der Waals surface area (Å²) in [4.78, 5) is 12.5. The minimum atomic E-state index is -0.207. The van der Waals surface area contributed by atoms with Crippen molar-refractivity contribution in [2.45, 2.75) is 33.1 Å². The lowest BCUT2D eigenvalue weighted by atomic mass is 9.75. The first-order chi connectivity index (χ1) is 10.1. The first-order valence-corrected chi connectivity index (χ1v) is 8.17. The molecule has 0 unspecified atom stereocenters. The summed E-state index contributed by atoms with van der Waals surface area (Å²) < 4.78 is 6.36. The van der Waals surface area contributed by atoms with Crippen molar-refractivity contribution >= 4 is 21.9 Å². The molecule has 0 saturated carbocycles. The van der Waals surface area contributed by atoms with E-state index in [2.05, 4.69) is 54.1 Å². The van der Waals surface area contributed by atoms with E-state index in [9.17, 15) is 4.79 Å². The number of carbonyl (C=O) groups is 1. The molecule has 0 aliphatic heterocycles. The molecule has 21 heavy (non-hydrogen) atoms. The van der Waals surface area contributed by atoms with Gasteiger partial charge in [-0.1, -0.05) is 58.3 Å². The number of halogens is 1. The predicted octanol–water partition coefficient (Wildman–Crippen LogP) is 5.01. The number of ether oxygens (including phenoxy) is 1. The van der Waals surface area contributed by atoms with Gasteiger partial charge in [0.2, 0.25) is 0 Å². The van der Waals surface area contributed by atoms with Crippen LogP contribution >= 0.6 is 15.9 Å². The van der Waals surface area contributed by atoms with Crippen molar-refractivity contribution in [2.24, 2.45) is 5.92 Å². The van der Waals surface area contributed by atoms with Gasteiger partial charge in [0, 0.05) is 10.4 Å². The Bertz CT molecular complexity index is 569. The van der Waals surface area contributed by atoms with Crippen molar-refractivity contribution < 1.29 is 9.53 Å². The summed E-state index contributed by atoms with van der Waals surface area (Å²) in [5.41, 5.74) is 3.51. The third kappa shape index (κ3) is 3.46. The largest absolute Gasteiger partial charge is 0.466 e. The van der Waals surface area contributed by atoms with Gasteiger partial charge in [-0.15, -0.1) is 0 Å². The number of hydrogen-bond donors (Lipinski definition) is 0. The highest BCUT2D eigenvalue weighted by Gasteiger charge is 2.34. The van der Waals surface area contributed by atoms with Gasteiger partial charge in [-0.05, 0) is 38.0 Å². The summed E-state index contributed by atoms with van der Waals surface area (Å²) in [6.45, 7) is 6.44. The van der Waals surface area contributed by atoms with E-state index in [1.807, 2.05) is 19.1 Å². The Balaban J connectivity index is 2.41. The first kappa shape index (κ1) is 16.0. The van der Waals surface area contributed by atoms with Gasteiger partial charge < -0.3 is 4.74 Å². The number of allylic oxidation sites excluding steroid dienone is 3. The van der Waals surface area contributed by atoms with Gasteiger partial charge in [-0.2, -0.15) is 0 Å². The van der Waals surface area contributed by atoms with Crippen molar-refractivity contribution in [3.63, 3.8) is 0 Å². The summed E-state index contributed by atoms with van der Waals surface area (Å²) >= 11 is 3.45. The lowest BCUT2D eigenvalue weighted by Gasteiger charge is -2.30. The Morgan fingerprint density at radius 2 is 1.90 bits per heavy atom. The highest BCUT2D eigenvalue weighted by Crippen LogP contribution is 2.39. The molecule has 0 heterocycles. The molecule has 0 N–H and O–H groups in total. The second-order valence-electron chi connectivity index (χ2n) is 5.23. The van der Waals surface area contributed by atoms with Gasteiger partial charge in [-0.25, -0.2) is 0 Å². The molecule has 0 saturated heterocycles. The summed E-state index contributed by atoms with van der Waals surface area (Å²) in [6.07, 6.45) is 5.12. The third-order valence-electron chi connectivity index (χ3n) is 3.97. The molecule has 112 valence electrons. The molecule has 3 heteroatoms. The quantitative estimate of drug-likeness (QED) is 0.715. The molecule has 0 amide bonds. The van der Waals surface area contributed by atoms with Crippen LogP contribution in [0.15, 0.2) is 52.0 Å². The van der Waals surface area contributed by atoms with E-state index < -0.39 is 0 Å². The van der Waals surface area contributed by atoms with Crippen LogP contribution in [0.5, 0.6) is 0 Å². The topological polar surface area (TPSA) is 26.3 Å². The molecule has 0 radical (unpaired) electrons. The van der Waals surface area contributed by atoms with Gasteiger partial charge >= 0.3 is 5.97 Å². The molecule has 2 atom stereocenters. The van der Waals surface area contributed by atoms with Gasteiger partial charge in [-0.3, -0.25) is 4.79 Å². The van der Waals surface area contributed by atoms with Gasteiger partial charge in [0.25, 0.3) is 0 Å². The molecule has 2 rings (SSSR count). The van der Waals surface area contributed by atoms with Crippen molar-refractivity contribution in [1.29, 1.82) is 0 Å². The van der Waals surface area contributed by atoms with Crippen molar-refractivity contribution in [3.05, 3.63) is 57.6 Å². The predicted molar refractivity (Wildman–Crippen MR) is 89.1 cm³/mol. The van der Waals surface area contributed by atoms with E-state index in [1.54, 1.807) is 0 Å². The maximum atomic E-state index is 12.5. The minimum absolute atomic E-state index is 0.0517. The standard InChI is InChI=1S/C18H21BrO2/c1-4-15-12(3)6-11-16(17(15)18(20)21-5-2)13-7-9-14(19)10-8-13/h6-11,16-17H,4-5H2,1-3H3/t16-,17-/m1/s1. The van der Waals surface area contributed by atoms with Crippen LogP contribution in [0.1, 0.15) is 38.7 Å². The Morgan fingerprint density at radius 3 is 2.48 bits per heavy atom. The smallest absolute Gasteiger partial charge is 0.314 e. The number of rotatable bonds is 4. The maximum absolute atomic E-state index is 12.5. The number of benzene rings is 1. The molecular weight excluding hydrogens is 328 g/mol. The van der Waals surface area contributed by atoms with Crippen molar-refractivity contribution in [3.8, 4) is 0 Å². The van der Waals surface area contributed by atoms with Crippen LogP contribution in [0, 0.1) is 5.92 Å². The zero-order chi connectivity index (χ0) is 15.4. The zero-order valence-electron chi connectivity index (χ0n) is 12.7. The lowest BCUT2D eigenvalue weighted by molar-refractivity contribution is -0.147. The van der Waals surface area contributed by atoms with Crippen LogP contribution < -0.4 is 0 Å². The van der Waals surface area contributed by atoms with Crippen LogP contribution in [-0.2, 0) is 9.53 Å². The summed E-state index contributed by atoms with van der Waals surface area (Å²) in [6, 6.07) is 8.17. The SMILES string of the molecule is CCOC(=O)[C@@H]1C(CC)=C(C)C=C[C@@H]1c1ccc(Br)cc1. The lowest BCUT2D eigenvalue weighted by Crippen LogP contribution is -2.28. The van der Waals surface area contributed by atoms with Crippen LogP contribution in [0.25, 0.3) is 0 Å². The fourth-order valence-corrected chi connectivity index (χ4v) is 3.20. The van der Waals surface area contributed by atoms with Crippen molar-refractivity contribution in [2.75, 3.05) is 6.61 Å². The molecule has 0 spiro atoms. The van der Waals surface area contributed by atoms with Gasteiger partial charge in [0.1, 0.15) is 0 Å². The van der Waals surface area contributed by atoms with E-state index in [0.717, 1.165) is 16.5 Å². The Hall–Kier alpha value is -1.35. The van der Waals surface area contributed by atoms with E-state index in [0.29, 0.717) is 6.61 Å². The molecule has 1 aromatic rings. The van der Waals surface area contributed by atoms with E-state index in [-0.39, 0.29) is 17.8 Å². The van der Waals surface area contributed by atoms with Crippen LogP contribution in [0.3, 0.4) is 0 Å². The van der Waals surface area contributed by atoms with E-state index >= 15 is 0 Å². The fourth-order valence-electron chi connectivity index (χ4n) is 2.94. The number of esters is 1. The zero-order valence-corrected chi connectivity index (χ0v) is 14.3. The Morgan fingerprint density at radius 1 is 1.24 bits per heavy atom. The highest BCUT2D eigenvalue weighted by molar-refractivity contribution is 9.10. The van der Waals surface area contributed by atoms with Gasteiger partial charge in [0.05, 0.1) is 12.5 Å². The van der Waals surface area contributed by atoms with Crippen LogP contribution in [-0.4, -0.2) is 12.6 Å². The monoisotopic (exact) mass is 348 g/mol. The average molecular weight is 349 g/mol. The Kier molecular flexibility index (Phi) is 5.40. The van der Waals surface area contributed by atoms with Crippen molar-refractivity contribution in [1.82, 2.24) is 0 Å². The minimum Gasteiger partial charge on any atom is -0.466 e. The van der Waals surface area contributed by atoms with E-state index in [4.69, 9.17) is 4.74 Å². The second kappa shape index (κ2) is 7.08. The van der Waals surface area contributed by atoms with Crippen LogP contribution in [0.4, 0.5) is 0 Å². The molecular formula is C18H21BrO2. The van der Waals surface area contributed by atoms with E-state index in [1.165, 1.54) is 11.1 Å². The van der Waals surface area contributed by atoms with Gasteiger partial charge in [0.15, 0.2) is 0 Å². The molecule has 0 aromatic heterocycles. The fraction of sp³-hybridized carbons (Fsp3) is 0.389. The normalized spacial score (nSPS) is 21.5. The maximum Gasteiger partial charge on any atom is 0.314 e. The summed E-state index contributed by atoms with van der Waals surface area (Å²) in [5, 5.41) is 0. The number of carbonyl (C=O) groups excluding carboxylic acids is 1. The molecule has 1 aromatic carbocycles. The number of hydrogen-bond acceptors (Lipinski definition) is 2. The molecule has 0 bridgehead atoms. The van der Waals surface area contributed by atoms with Crippen LogP contribution in [0.2, 0.25) is 0 Å². The molecule has 1 aliphatic rings. The molecule has 0 fully saturated rings.